The molecule has 1 fully saturated rings. The van der Waals surface area contributed by atoms with Crippen molar-refractivity contribution < 1.29 is 30.8 Å². The summed E-state index contributed by atoms with van der Waals surface area (Å²) in [5.41, 5.74) is -0.907. The Balaban J connectivity index is 1.61. The average molecular weight is 516 g/mol. The van der Waals surface area contributed by atoms with Gasteiger partial charge >= 0.3 is 6.18 Å². The van der Waals surface area contributed by atoms with E-state index in [1.165, 1.54) is 30.3 Å². The first-order valence-corrected chi connectivity index (χ1v) is 12.3. The first-order valence-electron chi connectivity index (χ1n) is 10.1. The molecule has 12 heteroatoms. The average Bonchev–Trinajstić information content (AvgIpc) is 2.72. The summed E-state index contributed by atoms with van der Waals surface area (Å²) >= 11 is 6.01. The number of halogens is 5. The fourth-order valence-corrected chi connectivity index (χ4v) is 5.89. The molecule has 34 heavy (non-hydrogen) atoms. The zero-order chi connectivity index (χ0) is 24.7. The number of nitrogens with one attached hydrogen (secondary N) is 2. The molecular weight excluding hydrogens is 498 g/mol. The van der Waals surface area contributed by atoms with Crippen molar-refractivity contribution in [3.63, 3.8) is 0 Å². The Hall–Kier alpha value is -2.92. The van der Waals surface area contributed by atoms with E-state index in [4.69, 9.17) is 11.6 Å². The Morgan fingerprint density at radius 1 is 1.03 bits per heavy atom. The molecule has 1 aliphatic rings. The molecular formula is C22H18ClF4N3O3S. The maximum Gasteiger partial charge on any atom is 0.433 e. The molecule has 2 atom stereocenters. The maximum absolute atomic E-state index is 13.4. The molecule has 180 valence electrons. The number of pyridine rings is 1. The van der Waals surface area contributed by atoms with Crippen molar-refractivity contribution in [2.75, 3.05) is 16.8 Å². The van der Waals surface area contributed by atoms with E-state index in [2.05, 4.69) is 15.6 Å². The van der Waals surface area contributed by atoms with E-state index in [-0.39, 0.29) is 39.7 Å². The van der Waals surface area contributed by atoms with Crippen molar-refractivity contribution in [1.82, 2.24) is 10.3 Å². The fraction of sp³-hybridized carbons (Fsp3) is 0.273. The predicted molar refractivity (Wildman–Crippen MR) is 120 cm³/mol. The largest absolute Gasteiger partial charge is 0.433 e. The second-order valence-electron chi connectivity index (χ2n) is 8.05. The predicted octanol–water partition coefficient (Wildman–Crippen LogP) is 4.44. The van der Waals surface area contributed by atoms with Crippen LogP contribution in [0.25, 0.3) is 10.9 Å². The van der Waals surface area contributed by atoms with Gasteiger partial charge in [0, 0.05) is 33.7 Å². The Labute approximate surface area is 197 Å². The highest BCUT2D eigenvalue weighted by Gasteiger charge is 2.36. The second kappa shape index (κ2) is 9.03. The number of amides is 1. The molecule has 2 aromatic carbocycles. The zero-order valence-corrected chi connectivity index (χ0v) is 18.9. The summed E-state index contributed by atoms with van der Waals surface area (Å²) in [6, 6.07) is 8.17. The number of alkyl halides is 3. The van der Waals surface area contributed by atoms with E-state index in [9.17, 15) is 30.8 Å². The highest BCUT2D eigenvalue weighted by Crippen LogP contribution is 2.35. The standard InChI is InChI=1S/C22H18ClF4N3O3S/c23-13-3-6-18-17(7-13)19(9-20(30-18)22(25,26)27)28-15-8-16(11-34(32,33)10-15)29-21(31)12-1-4-14(24)5-2-12/h1-7,9,15-16H,8,10-11H2,(H,28,30)(H,29,31)/t15-,16+/m1/s1. The molecule has 4 rings (SSSR count). The fourth-order valence-electron chi connectivity index (χ4n) is 3.91. The quantitative estimate of drug-likeness (QED) is 0.501. The van der Waals surface area contributed by atoms with E-state index in [0.717, 1.165) is 18.2 Å². The number of aromatic nitrogens is 1. The van der Waals surface area contributed by atoms with Crippen LogP contribution in [0.4, 0.5) is 23.2 Å². The van der Waals surface area contributed by atoms with Gasteiger partial charge in [-0.2, -0.15) is 13.2 Å². The van der Waals surface area contributed by atoms with Crippen molar-refractivity contribution in [2.24, 2.45) is 0 Å². The van der Waals surface area contributed by atoms with Crippen LogP contribution in [0.3, 0.4) is 0 Å². The maximum atomic E-state index is 13.4. The summed E-state index contributed by atoms with van der Waals surface area (Å²) in [4.78, 5) is 16.1. The summed E-state index contributed by atoms with van der Waals surface area (Å²) in [6.07, 6.45) is -4.58. The number of sulfone groups is 1. The van der Waals surface area contributed by atoms with Crippen LogP contribution in [0, 0.1) is 5.82 Å². The van der Waals surface area contributed by atoms with Gasteiger partial charge in [-0.25, -0.2) is 17.8 Å². The van der Waals surface area contributed by atoms with Crippen LogP contribution in [0.1, 0.15) is 22.5 Å². The number of nitrogens with zero attached hydrogens (tertiary/aromatic N) is 1. The number of hydrogen-bond acceptors (Lipinski definition) is 5. The van der Waals surface area contributed by atoms with Gasteiger partial charge < -0.3 is 10.6 Å². The van der Waals surface area contributed by atoms with Gasteiger partial charge in [0.15, 0.2) is 9.84 Å². The third kappa shape index (κ3) is 5.58. The minimum absolute atomic E-state index is 0.0329. The van der Waals surface area contributed by atoms with E-state index in [1.54, 1.807) is 0 Å². The molecule has 2 N–H and O–H groups in total. The zero-order valence-electron chi connectivity index (χ0n) is 17.4. The van der Waals surface area contributed by atoms with Crippen LogP contribution in [0.15, 0.2) is 48.5 Å². The third-order valence-corrected chi connectivity index (χ3v) is 7.40. The lowest BCUT2D eigenvalue weighted by atomic mass is 10.1. The lowest BCUT2D eigenvalue weighted by molar-refractivity contribution is -0.140. The van der Waals surface area contributed by atoms with Crippen LogP contribution in [0.2, 0.25) is 5.02 Å². The molecule has 6 nitrogen and oxygen atoms in total. The third-order valence-electron chi connectivity index (χ3n) is 5.34. The smallest absolute Gasteiger partial charge is 0.381 e. The summed E-state index contributed by atoms with van der Waals surface area (Å²) < 4.78 is 78.3. The van der Waals surface area contributed by atoms with Gasteiger partial charge in [0.2, 0.25) is 0 Å². The number of rotatable bonds is 4. The molecule has 1 aliphatic heterocycles. The molecule has 0 aliphatic carbocycles. The molecule has 3 aromatic rings. The van der Waals surface area contributed by atoms with Crippen molar-refractivity contribution >= 4 is 43.9 Å². The van der Waals surface area contributed by atoms with Crippen molar-refractivity contribution in [1.29, 1.82) is 0 Å². The summed E-state index contributed by atoms with van der Waals surface area (Å²) in [6.45, 7) is 0. The lowest BCUT2D eigenvalue weighted by Crippen LogP contribution is -2.50. The van der Waals surface area contributed by atoms with Gasteiger partial charge in [0.1, 0.15) is 11.5 Å². The van der Waals surface area contributed by atoms with Gasteiger partial charge in [-0.1, -0.05) is 11.6 Å². The SMILES string of the molecule is O=C(N[C@H]1C[C@@H](Nc2cc(C(F)(F)F)nc3ccc(Cl)cc23)CS(=O)(=O)C1)c1ccc(F)cc1. The minimum Gasteiger partial charge on any atom is -0.381 e. The van der Waals surface area contributed by atoms with E-state index in [0.29, 0.717) is 5.39 Å². The highest BCUT2D eigenvalue weighted by atomic mass is 35.5. The molecule has 0 saturated carbocycles. The normalized spacial score (nSPS) is 20.1. The molecule has 0 spiro atoms. The van der Waals surface area contributed by atoms with Crippen molar-refractivity contribution in [3.8, 4) is 0 Å². The molecule has 1 aromatic heterocycles. The number of anilines is 1. The number of hydrogen-bond donors (Lipinski definition) is 2. The van der Waals surface area contributed by atoms with Gasteiger partial charge in [0.25, 0.3) is 5.91 Å². The summed E-state index contributed by atoms with van der Waals surface area (Å²) in [5, 5.41) is 6.08. The number of carbonyl (C=O) groups is 1. The molecule has 0 radical (unpaired) electrons. The Morgan fingerprint density at radius 3 is 2.38 bits per heavy atom. The van der Waals surface area contributed by atoms with E-state index >= 15 is 0 Å². The summed E-state index contributed by atoms with van der Waals surface area (Å²) in [5.74, 6) is -1.76. The van der Waals surface area contributed by atoms with Crippen LogP contribution in [-0.4, -0.2) is 42.9 Å². The van der Waals surface area contributed by atoms with Crippen LogP contribution in [0.5, 0.6) is 0 Å². The second-order valence-corrected chi connectivity index (χ2v) is 10.6. The molecule has 1 amide bonds. The first-order chi connectivity index (χ1) is 15.9. The number of fused-ring (bicyclic) bond motifs is 1. The lowest BCUT2D eigenvalue weighted by Gasteiger charge is -2.31. The van der Waals surface area contributed by atoms with E-state index in [1.807, 2.05) is 0 Å². The monoisotopic (exact) mass is 515 g/mol. The van der Waals surface area contributed by atoms with Gasteiger partial charge in [-0.05, 0) is 55.0 Å². The van der Waals surface area contributed by atoms with Crippen LogP contribution >= 0.6 is 11.6 Å². The Morgan fingerprint density at radius 2 is 1.71 bits per heavy atom. The Bertz CT molecular complexity index is 1350. The number of benzene rings is 2. The van der Waals surface area contributed by atoms with Gasteiger partial charge in [-0.15, -0.1) is 0 Å². The number of carbonyl (C=O) groups excluding carboxylic acids is 1. The van der Waals surface area contributed by atoms with Crippen molar-refractivity contribution in [2.45, 2.75) is 24.7 Å². The molecule has 0 unspecified atom stereocenters. The molecule has 0 bridgehead atoms. The van der Waals surface area contributed by atoms with Crippen molar-refractivity contribution in [3.05, 3.63) is 70.6 Å². The molecule has 1 saturated heterocycles. The Kier molecular flexibility index (Phi) is 6.43. The van der Waals surface area contributed by atoms with Gasteiger partial charge in [0.05, 0.1) is 17.0 Å². The summed E-state index contributed by atoms with van der Waals surface area (Å²) in [7, 11) is -3.64. The van der Waals surface area contributed by atoms with Gasteiger partial charge in [-0.3, -0.25) is 4.79 Å². The molecule has 2 heterocycles. The van der Waals surface area contributed by atoms with Crippen LogP contribution in [-0.2, 0) is 16.0 Å². The van der Waals surface area contributed by atoms with E-state index < -0.39 is 45.5 Å². The van der Waals surface area contributed by atoms with Crippen LogP contribution < -0.4 is 10.6 Å². The minimum atomic E-state index is -4.71. The first kappa shape index (κ1) is 24.2. The highest BCUT2D eigenvalue weighted by molar-refractivity contribution is 7.91. The topological polar surface area (TPSA) is 88.2 Å².